The van der Waals surface area contributed by atoms with Crippen LogP contribution in [-0.4, -0.2) is 12.6 Å². The molecule has 1 N–H and O–H groups in total. The van der Waals surface area contributed by atoms with Gasteiger partial charge in [0.25, 0.3) is 0 Å². The zero-order valence-electron chi connectivity index (χ0n) is 10.1. The highest BCUT2D eigenvalue weighted by Gasteiger charge is 2.26. The van der Waals surface area contributed by atoms with Gasteiger partial charge < -0.3 is 5.32 Å². The van der Waals surface area contributed by atoms with Crippen LogP contribution in [0, 0.1) is 5.92 Å². The Kier molecular flexibility index (Phi) is 6.40. The Morgan fingerprint density at radius 3 is 2.15 bits per heavy atom. The van der Waals surface area contributed by atoms with Gasteiger partial charge in [0.1, 0.15) is 0 Å². The largest absolute Gasteiger partial charge is 0.314 e. The fourth-order valence-electron chi connectivity index (χ4n) is 2.12. The summed E-state index contributed by atoms with van der Waals surface area (Å²) in [7, 11) is 2.11. The van der Waals surface area contributed by atoms with Gasteiger partial charge in [0, 0.05) is 5.54 Å². The maximum Gasteiger partial charge on any atom is 0.0178 e. The van der Waals surface area contributed by atoms with Crippen LogP contribution in [-0.2, 0) is 0 Å². The third kappa shape index (κ3) is 4.12. The number of hydrogen-bond acceptors (Lipinski definition) is 1. The Balaban J connectivity index is 4.19. The van der Waals surface area contributed by atoms with Crippen molar-refractivity contribution >= 4 is 0 Å². The van der Waals surface area contributed by atoms with Crippen LogP contribution in [0.15, 0.2) is 0 Å². The van der Waals surface area contributed by atoms with Crippen LogP contribution in [0.5, 0.6) is 0 Å². The zero-order chi connectivity index (χ0) is 10.3. The standard InChI is InChI=1S/C12H27N/c1-6-9-12(8-3,13-5)10-11(4)7-2/h11,13H,6-10H2,1-5H3. The van der Waals surface area contributed by atoms with Crippen LogP contribution in [0.2, 0.25) is 0 Å². The molecule has 1 nitrogen and oxygen atoms in total. The molecule has 0 rings (SSSR count). The first-order valence-electron chi connectivity index (χ1n) is 5.83. The van der Waals surface area contributed by atoms with E-state index < -0.39 is 0 Å². The summed E-state index contributed by atoms with van der Waals surface area (Å²) in [4.78, 5) is 0. The van der Waals surface area contributed by atoms with Crippen LogP contribution in [0.4, 0.5) is 0 Å². The molecule has 0 aliphatic rings. The van der Waals surface area contributed by atoms with Crippen molar-refractivity contribution < 1.29 is 0 Å². The molecule has 0 aliphatic carbocycles. The molecule has 0 aromatic carbocycles. The summed E-state index contributed by atoms with van der Waals surface area (Å²) in [5.41, 5.74) is 0.407. The molecule has 0 heterocycles. The summed E-state index contributed by atoms with van der Waals surface area (Å²) in [6.07, 6.45) is 6.47. The molecule has 80 valence electrons. The summed E-state index contributed by atoms with van der Waals surface area (Å²) in [5, 5.41) is 3.53. The molecule has 0 saturated heterocycles. The van der Waals surface area contributed by atoms with Crippen LogP contribution in [0.3, 0.4) is 0 Å². The van der Waals surface area contributed by atoms with Crippen molar-refractivity contribution in [3.05, 3.63) is 0 Å². The number of nitrogens with one attached hydrogen (secondary N) is 1. The maximum atomic E-state index is 3.53. The molecule has 0 amide bonds. The summed E-state index contributed by atoms with van der Waals surface area (Å²) >= 11 is 0. The van der Waals surface area contributed by atoms with E-state index in [-0.39, 0.29) is 0 Å². The van der Waals surface area contributed by atoms with Crippen molar-refractivity contribution in [2.45, 2.75) is 65.3 Å². The molecule has 0 aliphatic heterocycles. The summed E-state index contributed by atoms with van der Waals surface area (Å²) in [5.74, 6) is 0.846. The predicted molar refractivity (Wildman–Crippen MR) is 61.1 cm³/mol. The number of rotatable bonds is 7. The van der Waals surface area contributed by atoms with E-state index in [4.69, 9.17) is 0 Å². The molecular formula is C12H27N. The van der Waals surface area contributed by atoms with Crippen LogP contribution < -0.4 is 5.32 Å². The first-order valence-corrected chi connectivity index (χ1v) is 5.83. The highest BCUT2D eigenvalue weighted by molar-refractivity contribution is 4.86. The Labute approximate surface area is 84.3 Å². The van der Waals surface area contributed by atoms with E-state index in [0.717, 1.165) is 5.92 Å². The molecule has 0 saturated carbocycles. The van der Waals surface area contributed by atoms with Crippen molar-refractivity contribution in [2.24, 2.45) is 5.92 Å². The Morgan fingerprint density at radius 2 is 1.85 bits per heavy atom. The normalized spacial score (nSPS) is 18.2. The highest BCUT2D eigenvalue weighted by Crippen LogP contribution is 2.26. The molecule has 2 atom stereocenters. The predicted octanol–water partition coefficient (Wildman–Crippen LogP) is 3.59. The molecule has 0 spiro atoms. The van der Waals surface area contributed by atoms with Gasteiger partial charge in [0.05, 0.1) is 0 Å². The van der Waals surface area contributed by atoms with Gasteiger partial charge in [-0.1, -0.05) is 40.5 Å². The van der Waals surface area contributed by atoms with Crippen molar-refractivity contribution in [2.75, 3.05) is 7.05 Å². The third-order valence-corrected chi connectivity index (χ3v) is 3.37. The molecule has 13 heavy (non-hydrogen) atoms. The van der Waals surface area contributed by atoms with Gasteiger partial charge in [-0.15, -0.1) is 0 Å². The molecule has 0 fully saturated rings. The fraction of sp³-hybridized carbons (Fsp3) is 1.00. The summed E-state index contributed by atoms with van der Waals surface area (Å²) < 4.78 is 0. The average molecular weight is 185 g/mol. The van der Waals surface area contributed by atoms with Crippen molar-refractivity contribution in [1.82, 2.24) is 5.32 Å². The van der Waals surface area contributed by atoms with Gasteiger partial charge in [0.2, 0.25) is 0 Å². The lowest BCUT2D eigenvalue weighted by Gasteiger charge is -2.34. The zero-order valence-corrected chi connectivity index (χ0v) is 10.1. The van der Waals surface area contributed by atoms with Crippen LogP contribution in [0.1, 0.15) is 59.8 Å². The Morgan fingerprint density at radius 1 is 1.23 bits per heavy atom. The molecule has 0 aromatic rings. The van der Waals surface area contributed by atoms with E-state index in [1.807, 2.05) is 0 Å². The smallest absolute Gasteiger partial charge is 0.0178 e. The van der Waals surface area contributed by atoms with Gasteiger partial charge in [-0.05, 0) is 32.2 Å². The molecule has 0 bridgehead atoms. The second-order valence-electron chi connectivity index (χ2n) is 4.35. The number of hydrogen-bond donors (Lipinski definition) is 1. The fourth-order valence-corrected chi connectivity index (χ4v) is 2.12. The second-order valence-corrected chi connectivity index (χ2v) is 4.35. The highest BCUT2D eigenvalue weighted by atomic mass is 14.9. The minimum Gasteiger partial charge on any atom is -0.314 e. The first kappa shape index (κ1) is 13.0. The van der Waals surface area contributed by atoms with Crippen LogP contribution >= 0.6 is 0 Å². The molecule has 1 heteroatoms. The van der Waals surface area contributed by atoms with Gasteiger partial charge in [-0.2, -0.15) is 0 Å². The lowest BCUT2D eigenvalue weighted by molar-refractivity contribution is 0.244. The van der Waals surface area contributed by atoms with Crippen molar-refractivity contribution in [3.8, 4) is 0 Å². The van der Waals surface area contributed by atoms with Crippen molar-refractivity contribution in [1.29, 1.82) is 0 Å². The SMILES string of the molecule is CCCC(CC)(CC(C)CC)NC. The molecule has 0 radical (unpaired) electrons. The maximum absolute atomic E-state index is 3.53. The lowest BCUT2D eigenvalue weighted by atomic mass is 9.81. The van der Waals surface area contributed by atoms with Gasteiger partial charge in [-0.25, -0.2) is 0 Å². The van der Waals surface area contributed by atoms with Gasteiger partial charge >= 0.3 is 0 Å². The van der Waals surface area contributed by atoms with E-state index in [1.54, 1.807) is 0 Å². The van der Waals surface area contributed by atoms with Gasteiger partial charge in [-0.3, -0.25) is 0 Å². The Bertz CT molecular complexity index is 116. The topological polar surface area (TPSA) is 12.0 Å². The van der Waals surface area contributed by atoms with E-state index in [2.05, 4.69) is 40.1 Å². The summed E-state index contributed by atoms with van der Waals surface area (Å²) in [6.45, 7) is 9.22. The van der Waals surface area contributed by atoms with Crippen molar-refractivity contribution in [3.63, 3.8) is 0 Å². The minimum atomic E-state index is 0.407. The van der Waals surface area contributed by atoms with E-state index in [0.29, 0.717) is 5.54 Å². The van der Waals surface area contributed by atoms with E-state index in [9.17, 15) is 0 Å². The van der Waals surface area contributed by atoms with Gasteiger partial charge in [0.15, 0.2) is 0 Å². The average Bonchev–Trinajstić information content (AvgIpc) is 2.17. The summed E-state index contributed by atoms with van der Waals surface area (Å²) in [6, 6.07) is 0. The van der Waals surface area contributed by atoms with Crippen LogP contribution in [0.25, 0.3) is 0 Å². The molecule has 2 unspecified atom stereocenters. The Hall–Kier alpha value is -0.0400. The molecule has 0 aromatic heterocycles. The monoisotopic (exact) mass is 185 g/mol. The first-order chi connectivity index (χ1) is 6.14. The lowest BCUT2D eigenvalue weighted by Crippen LogP contribution is -2.43. The van der Waals surface area contributed by atoms with E-state index >= 15 is 0 Å². The second kappa shape index (κ2) is 6.42. The minimum absolute atomic E-state index is 0.407. The molecular weight excluding hydrogens is 158 g/mol. The van der Waals surface area contributed by atoms with E-state index in [1.165, 1.54) is 32.1 Å². The quantitative estimate of drug-likeness (QED) is 0.639. The third-order valence-electron chi connectivity index (χ3n) is 3.37.